The quantitative estimate of drug-likeness (QED) is 0.0866. The predicted octanol–water partition coefficient (Wildman–Crippen LogP) is 11.6. The second-order valence-electron chi connectivity index (χ2n) is 22.5. The number of hydrogen-bond acceptors (Lipinski definition) is 16. The second kappa shape index (κ2) is 26.5. The Labute approximate surface area is 545 Å². The van der Waals surface area contributed by atoms with E-state index in [-0.39, 0.29) is 53.3 Å². The molecule has 0 N–H and O–H groups in total. The Morgan fingerprint density at radius 3 is 1.20 bits per heavy atom. The summed E-state index contributed by atoms with van der Waals surface area (Å²) in [6.07, 6.45) is 13.0. The van der Waals surface area contributed by atoms with Gasteiger partial charge in [0.25, 0.3) is 0 Å². The van der Waals surface area contributed by atoms with Gasteiger partial charge in [-0.2, -0.15) is 15.3 Å². The lowest BCUT2D eigenvalue weighted by Gasteiger charge is -2.08. The highest BCUT2D eigenvalue weighted by Crippen LogP contribution is 2.30. The van der Waals surface area contributed by atoms with Crippen LogP contribution >= 0.6 is 0 Å². The fourth-order valence-electron chi connectivity index (χ4n) is 11.0. The number of ketones is 3. The summed E-state index contributed by atoms with van der Waals surface area (Å²) in [7, 11) is 5.05. The van der Waals surface area contributed by atoms with E-state index in [1.165, 1.54) is 46.2 Å². The van der Waals surface area contributed by atoms with E-state index in [1.54, 1.807) is 76.5 Å². The van der Waals surface area contributed by atoms with Gasteiger partial charge in [-0.3, -0.25) is 48.4 Å². The number of nitrogens with zero attached hydrogens (tertiary/aromatic N) is 19. The number of halogens is 3. The first kappa shape index (κ1) is 62.2. The highest BCUT2D eigenvalue weighted by molar-refractivity contribution is 6.03. The summed E-state index contributed by atoms with van der Waals surface area (Å²) in [6.45, 7) is 5.64. The van der Waals surface area contributed by atoms with Crippen LogP contribution in [-0.4, -0.2) is 110 Å². The van der Waals surface area contributed by atoms with Crippen molar-refractivity contribution in [2.45, 2.75) is 40.0 Å². The summed E-state index contributed by atoms with van der Waals surface area (Å²) < 4.78 is 53.1. The third-order valence-corrected chi connectivity index (χ3v) is 15.8. The van der Waals surface area contributed by atoms with Crippen LogP contribution in [0.5, 0.6) is 0 Å². The number of carbonyl (C=O) groups is 3. The van der Waals surface area contributed by atoms with Gasteiger partial charge >= 0.3 is 0 Å². The zero-order valence-electron chi connectivity index (χ0n) is 52.5. The lowest BCUT2D eigenvalue weighted by Crippen LogP contribution is -2.12. The number of Topliss-reactive ketones (excluding diaryl/α,β-unsaturated/α-hetero) is 3. The minimum absolute atomic E-state index is 0.131. The van der Waals surface area contributed by atoms with Crippen LogP contribution in [0.3, 0.4) is 0 Å². The minimum atomic E-state index is -0.533. The Balaban J connectivity index is 0.000000130. The van der Waals surface area contributed by atoms with E-state index < -0.39 is 17.5 Å². The van der Waals surface area contributed by atoms with E-state index in [1.807, 2.05) is 142 Å². The molecular weight excluding hydrogens is 1220 g/mol. The van der Waals surface area contributed by atoms with Crippen molar-refractivity contribution in [1.82, 2.24) is 93.1 Å². The first-order valence-corrected chi connectivity index (χ1v) is 30.1. The van der Waals surface area contributed by atoms with E-state index >= 15 is 0 Å². The molecule has 0 aliphatic rings. The van der Waals surface area contributed by atoms with Gasteiger partial charge in [-0.05, 0) is 62.7 Å². The molecule has 0 saturated heterocycles. The number of rotatable bonds is 15. The molecule has 12 heterocycles. The summed E-state index contributed by atoms with van der Waals surface area (Å²) >= 11 is 0. The molecule has 15 aromatic rings. The molecule has 25 heteroatoms. The number of aromatic nitrogens is 19. The monoisotopic (exact) mass is 1280 g/mol. The summed E-state index contributed by atoms with van der Waals surface area (Å²) in [6, 6.07) is 42.4. The van der Waals surface area contributed by atoms with Crippen LogP contribution in [0, 0.1) is 38.2 Å². The maximum absolute atomic E-state index is 14.8. The first-order valence-electron chi connectivity index (χ1n) is 30.1. The third kappa shape index (κ3) is 12.9. The Morgan fingerprint density at radius 1 is 0.396 bits per heavy atom. The third-order valence-electron chi connectivity index (χ3n) is 15.8. The maximum atomic E-state index is 14.8. The zero-order chi connectivity index (χ0) is 66.7. The van der Waals surface area contributed by atoms with Gasteiger partial charge in [0, 0.05) is 103 Å². The lowest BCUT2D eigenvalue weighted by atomic mass is 10.0. The molecule has 0 radical (unpaired) electrons. The van der Waals surface area contributed by atoms with Gasteiger partial charge in [0.05, 0.1) is 71.7 Å². The Morgan fingerprint density at radius 2 is 0.802 bits per heavy atom. The normalized spacial score (nSPS) is 11.2. The number of fused-ring (bicyclic) bond motifs is 3. The topological polar surface area (TPSA) is 247 Å². The molecule has 0 fully saturated rings. The van der Waals surface area contributed by atoms with Gasteiger partial charge in [0.2, 0.25) is 0 Å². The number of hydrogen-bond donors (Lipinski definition) is 0. The molecule has 0 atom stereocenters. The summed E-state index contributed by atoms with van der Waals surface area (Å²) in [5.74, 6) is -0.893. The van der Waals surface area contributed by atoms with Crippen molar-refractivity contribution >= 4 is 34.3 Å². The van der Waals surface area contributed by atoms with Gasteiger partial charge in [-0.25, -0.2) is 41.7 Å². The molecule has 0 aliphatic carbocycles. The van der Waals surface area contributed by atoms with E-state index in [0.29, 0.717) is 85.3 Å². The largest absolute Gasteiger partial charge is 0.292 e. The first-order chi connectivity index (χ1) is 46.5. The SMILES string of the molecule is Cc1cccc(-c2cnn(C)c2C(=O)Cc2cc3nc(-c4ccccc4)nn3cc2F)n1.Cc1cccnc1-c1cnn(C)c1C(=O)Cc1cc2nc(-c3ccccc3)nn2cc1F.Cc1cnc(-c2cnn(C)c2C(=O)Cc2cc3nc(-c4ccccc4)nn3cc2F)cn1. The molecule has 22 nitrogen and oxygen atoms in total. The molecule has 0 spiro atoms. The van der Waals surface area contributed by atoms with Crippen molar-refractivity contribution in [3.8, 4) is 67.9 Å². The average molecular weight is 1280 g/mol. The fraction of sp³-hybridized carbons (Fsp3) is 0.127. The smallest absolute Gasteiger partial charge is 0.186 e. The van der Waals surface area contributed by atoms with Crippen LogP contribution in [0.4, 0.5) is 13.2 Å². The Hall–Kier alpha value is -12.7. The van der Waals surface area contributed by atoms with Crippen molar-refractivity contribution in [2.75, 3.05) is 0 Å². The average Bonchev–Trinajstić information content (AvgIpc) is 1.64. The number of benzene rings is 3. The molecule has 0 bridgehead atoms. The Bertz CT molecular complexity index is 5410. The summed E-state index contributed by atoms with van der Waals surface area (Å²) in [4.78, 5) is 70.5. The molecule has 12 aromatic heterocycles. The molecule has 15 rings (SSSR count). The summed E-state index contributed by atoms with van der Waals surface area (Å²) in [5.41, 5.74) is 12.0. The van der Waals surface area contributed by atoms with Crippen molar-refractivity contribution in [3.63, 3.8) is 0 Å². The molecule has 0 unspecified atom stereocenters. The number of pyridine rings is 5. The summed E-state index contributed by atoms with van der Waals surface area (Å²) in [5, 5.41) is 25.7. The second-order valence-corrected chi connectivity index (χ2v) is 22.5. The van der Waals surface area contributed by atoms with Crippen LogP contribution < -0.4 is 0 Å². The maximum Gasteiger partial charge on any atom is 0.186 e. The molecule has 3 aromatic carbocycles. The van der Waals surface area contributed by atoms with E-state index in [0.717, 1.165) is 33.6 Å². The van der Waals surface area contributed by atoms with Crippen LogP contribution in [0.2, 0.25) is 0 Å². The van der Waals surface area contributed by atoms with Gasteiger partial charge in [0.1, 0.15) is 34.5 Å². The molecule has 96 heavy (non-hydrogen) atoms. The van der Waals surface area contributed by atoms with Gasteiger partial charge in [-0.1, -0.05) is 103 Å². The van der Waals surface area contributed by atoms with Crippen molar-refractivity contribution < 1.29 is 27.6 Å². The van der Waals surface area contributed by atoms with Crippen molar-refractivity contribution in [2.24, 2.45) is 21.1 Å². The number of aryl methyl sites for hydroxylation is 6. The molecule has 0 aliphatic heterocycles. The van der Waals surface area contributed by atoms with Gasteiger partial charge in [-0.15, -0.1) is 15.3 Å². The van der Waals surface area contributed by atoms with E-state index in [2.05, 4.69) is 65.5 Å². The number of carbonyl (C=O) groups excluding carboxylic acids is 3. The van der Waals surface area contributed by atoms with Gasteiger partial charge in [0.15, 0.2) is 51.8 Å². The Kier molecular flexibility index (Phi) is 17.2. The molecule has 0 saturated carbocycles. The van der Waals surface area contributed by atoms with Crippen LogP contribution in [0.25, 0.3) is 84.9 Å². The molecule has 0 amide bonds. The highest BCUT2D eigenvalue weighted by atomic mass is 19.1. The van der Waals surface area contributed by atoms with E-state index in [4.69, 9.17) is 0 Å². The van der Waals surface area contributed by atoms with Crippen LogP contribution in [0.15, 0.2) is 195 Å². The van der Waals surface area contributed by atoms with Crippen LogP contribution in [0.1, 0.15) is 65.1 Å². The predicted molar refractivity (Wildman–Crippen MR) is 351 cm³/mol. The minimum Gasteiger partial charge on any atom is -0.292 e. The standard InChI is InChI=1S/2C24H19FN6O.C23H18FN7O/c1-15-7-6-10-26-22(15)18-13-27-30(2)23(18)20(32)11-17-12-21-28-24(16-8-4-3-5-9-16)29-31(21)14-19(17)25;1-15-7-6-10-20(27-15)18-13-26-30(2)23(18)21(32)11-17-12-22-28-24(16-8-4-3-5-9-16)29-31(22)14-19(17)25;1-14-10-26-19(12-25-14)17-11-27-30(2)22(17)20(32)8-16-9-21-28-23(15-6-4-3-5-7-15)29-31(21)13-18(16)24/h2*3-10,12-14H,11H2,1-2H3;3-7,9-13H,8H2,1-2H3. The van der Waals surface area contributed by atoms with Gasteiger partial charge < -0.3 is 0 Å². The molecular formula is C71H56F3N19O3. The highest BCUT2D eigenvalue weighted by Gasteiger charge is 2.26. The zero-order valence-corrected chi connectivity index (χ0v) is 52.5. The lowest BCUT2D eigenvalue weighted by molar-refractivity contribution is 0.0975. The van der Waals surface area contributed by atoms with Crippen molar-refractivity contribution in [3.05, 3.63) is 263 Å². The van der Waals surface area contributed by atoms with Crippen LogP contribution in [-0.2, 0) is 40.4 Å². The van der Waals surface area contributed by atoms with Crippen molar-refractivity contribution in [1.29, 1.82) is 0 Å². The fourth-order valence-corrected chi connectivity index (χ4v) is 11.0. The van der Waals surface area contributed by atoms with E-state index in [9.17, 15) is 27.6 Å². The molecule has 474 valence electrons.